The van der Waals surface area contributed by atoms with Gasteiger partial charge in [-0.1, -0.05) is 12.8 Å². The van der Waals surface area contributed by atoms with Gasteiger partial charge in [-0.2, -0.15) is 0 Å². The lowest BCUT2D eigenvalue weighted by Gasteiger charge is -2.22. The van der Waals surface area contributed by atoms with Crippen LogP contribution in [-0.4, -0.2) is 34.4 Å². The zero-order valence-corrected chi connectivity index (χ0v) is 15.8. The number of nitrogens with zero attached hydrogens (tertiary/aromatic N) is 2. The molecule has 0 aliphatic carbocycles. The molecule has 0 aliphatic heterocycles. The number of aryl methyl sites for hydroxylation is 1. The number of carbonyl (C=O) groups excluding carboxylic acids is 2. The van der Waals surface area contributed by atoms with E-state index in [0.717, 1.165) is 10.4 Å². The van der Waals surface area contributed by atoms with Crippen molar-refractivity contribution in [1.29, 1.82) is 0 Å². The number of nitrogens with one attached hydrogen (secondary N) is 1. The van der Waals surface area contributed by atoms with Crippen molar-refractivity contribution in [2.75, 3.05) is 13.2 Å². The van der Waals surface area contributed by atoms with Gasteiger partial charge in [-0.15, -0.1) is 11.3 Å². The Morgan fingerprint density at radius 1 is 1.32 bits per heavy atom. The number of aromatic nitrogens is 1. The summed E-state index contributed by atoms with van der Waals surface area (Å²) in [4.78, 5) is 29.5. The molecule has 0 aromatic carbocycles. The molecule has 8 heteroatoms. The fraction of sp³-hybridized carbons (Fsp3) is 0.353. The van der Waals surface area contributed by atoms with E-state index in [0.29, 0.717) is 6.42 Å². The first-order chi connectivity index (χ1) is 12.0. The van der Waals surface area contributed by atoms with Crippen LogP contribution in [-0.2, 0) is 16.0 Å². The summed E-state index contributed by atoms with van der Waals surface area (Å²) in [5.74, 6) is -0.383. The van der Waals surface area contributed by atoms with Gasteiger partial charge in [0.05, 0.1) is 12.6 Å². The molecule has 2 aromatic heterocycles. The smallest absolute Gasteiger partial charge is 0.327 e. The Morgan fingerprint density at radius 3 is 2.64 bits per heavy atom. The Morgan fingerprint density at radius 2 is 2.04 bits per heavy atom. The molecule has 0 saturated carbocycles. The molecule has 0 bridgehead atoms. The lowest BCUT2D eigenvalue weighted by atomic mass is 10.1. The maximum atomic E-state index is 12.4. The molecule has 2 rings (SSSR count). The number of esters is 1. The van der Waals surface area contributed by atoms with Gasteiger partial charge in [-0.3, -0.25) is 14.1 Å². The number of amides is 2. The number of thiol groups is 1. The van der Waals surface area contributed by atoms with Crippen LogP contribution in [0.3, 0.4) is 0 Å². The minimum Gasteiger partial charge on any atom is -0.464 e. The van der Waals surface area contributed by atoms with Crippen molar-refractivity contribution < 1.29 is 14.3 Å². The summed E-state index contributed by atoms with van der Waals surface area (Å²) >= 11 is 5.82. The average molecular weight is 380 g/mol. The fourth-order valence-corrected chi connectivity index (χ4v) is 3.29. The van der Waals surface area contributed by atoms with Crippen LogP contribution >= 0.6 is 24.2 Å². The van der Waals surface area contributed by atoms with Crippen molar-refractivity contribution in [3.63, 3.8) is 0 Å². The first-order valence-corrected chi connectivity index (χ1v) is 9.03. The van der Waals surface area contributed by atoms with E-state index in [1.54, 1.807) is 23.7 Å². The molecule has 25 heavy (non-hydrogen) atoms. The second-order valence-electron chi connectivity index (χ2n) is 5.47. The highest BCUT2D eigenvalue weighted by molar-refractivity contribution is 7.78. The predicted octanol–water partition coefficient (Wildman–Crippen LogP) is 3.15. The Labute approximate surface area is 156 Å². The summed E-state index contributed by atoms with van der Waals surface area (Å²) in [6.07, 6.45) is 4.12. The van der Waals surface area contributed by atoms with E-state index in [-0.39, 0.29) is 31.2 Å². The van der Waals surface area contributed by atoms with Gasteiger partial charge in [-0.05, 0) is 43.2 Å². The Kier molecular flexibility index (Phi) is 7.27. The van der Waals surface area contributed by atoms with E-state index in [1.165, 1.54) is 16.1 Å². The number of ether oxygens (including phenoxy) is 1. The number of hydrogen-bond acceptors (Lipinski definition) is 6. The van der Waals surface area contributed by atoms with Gasteiger partial charge >= 0.3 is 12.0 Å². The largest absolute Gasteiger partial charge is 0.464 e. The van der Waals surface area contributed by atoms with Crippen LogP contribution < -0.4 is 5.32 Å². The summed E-state index contributed by atoms with van der Waals surface area (Å²) in [7, 11) is 0. The standard InChI is InChI=1S/C17H21N3O3S2/c1-12-3-4-16(25-12)15(11-14-5-7-18-8-6-14)19-17(22)20(24)9-10-23-13(2)21/h3-8,15,24H,9-11H2,1-2H3,(H,19,22). The van der Waals surface area contributed by atoms with Crippen LogP contribution in [0.4, 0.5) is 4.79 Å². The summed E-state index contributed by atoms with van der Waals surface area (Å²) < 4.78 is 6.05. The molecule has 1 N–H and O–H groups in total. The third-order valence-corrected chi connectivity index (χ3v) is 4.93. The highest BCUT2D eigenvalue weighted by Gasteiger charge is 2.19. The number of urea groups is 1. The number of carbonyl (C=O) groups is 2. The molecular formula is C17H21N3O3S2. The van der Waals surface area contributed by atoms with E-state index in [2.05, 4.69) is 23.1 Å². The maximum absolute atomic E-state index is 12.4. The molecule has 2 amide bonds. The van der Waals surface area contributed by atoms with Gasteiger partial charge in [0, 0.05) is 29.1 Å². The zero-order valence-electron chi connectivity index (χ0n) is 14.1. The molecule has 0 spiro atoms. The average Bonchev–Trinajstić information content (AvgIpc) is 3.01. The second kappa shape index (κ2) is 9.43. The third kappa shape index (κ3) is 6.39. The molecule has 2 heterocycles. The molecule has 1 atom stereocenters. The van der Waals surface area contributed by atoms with Crippen molar-refractivity contribution >= 4 is 36.2 Å². The van der Waals surface area contributed by atoms with Gasteiger partial charge in [0.25, 0.3) is 0 Å². The van der Waals surface area contributed by atoms with Crippen LogP contribution in [0.25, 0.3) is 0 Å². The van der Waals surface area contributed by atoms with Crippen LogP contribution in [0.1, 0.15) is 28.3 Å². The Bertz CT molecular complexity index is 706. The van der Waals surface area contributed by atoms with Crippen LogP contribution in [0.2, 0.25) is 0 Å². The number of rotatable bonds is 7. The van der Waals surface area contributed by atoms with Crippen molar-refractivity contribution in [2.45, 2.75) is 26.3 Å². The minimum absolute atomic E-state index is 0.111. The summed E-state index contributed by atoms with van der Waals surface area (Å²) in [5, 5.41) is 2.99. The lowest BCUT2D eigenvalue weighted by Crippen LogP contribution is -2.38. The summed E-state index contributed by atoms with van der Waals surface area (Å²) in [6.45, 7) is 3.68. The van der Waals surface area contributed by atoms with Crippen molar-refractivity contribution in [3.05, 3.63) is 52.0 Å². The van der Waals surface area contributed by atoms with Gasteiger partial charge in [0.1, 0.15) is 6.61 Å². The van der Waals surface area contributed by atoms with Gasteiger partial charge < -0.3 is 10.1 Å². The van der Waals surface area contributed by atoms with Crippen LogP contribution in [0.5, 0.6) is 0 Å². The fourth-order valence-electron chi connectivity index (χ4n) is 2.22. The SMILES string of the molecule is CC(=O)OCCN(S)C(=O)NC(Cc1ccncc1)c1ccc(C)s1. The Hall–Kier alpha value is -2.06. The molecule has 0 aliphatic rings. The topological polar surface area (TPSA) is 71.5 Å². The van der Waals surface area contributed by atoms with E-state index in [9.17, 15) is 9.59 Å². The molecule has 6 nitrogen and oxygen atoms in total. The predicted molar refractivity (Wildman–Crippen MR) is 101 cm³/mol. The molecule has 0 radical (unpaired) electrons. The van der Waals surface area contributed by atoms with E-state index in [4.69, 9.17) is 4.74 Å². The number of pyridine rings is 1. The second-order valence-corrected chi connectivity index (χ2v) is 7.28. The number of thiophene rings is 1. The molecular weight excluding hydrogens is 358 g/mol. The van der Waals surface area contributed by atoms with Crippen molar-refractivity contribution in [2.24, 2.45) is 0 Å². The van der Waals surface area contributed by atoms with Gasteiger partial charge in [0.15, 0.2) is 0 Å². The highest BCUT2D eigenvalue weighted by atomic mass is 32.1. The quantitative estimate of drug-likeness (QED) is 0.573. The molecule has 2 aromatic rings. The number of hydrogen-bond donors (Lipinski definition) is 2. The van der Waals surface area contributed by atoms with Crippen LogP contribution in [0.15, 0.2) is 36.7 Å². The summed E-state index contributed by atoms with van der Waals surface area (Å²) in [6, 6.07) is 7.41. The monoisotopic (exact) mass is 379 g/mol. The minimum atomic E-state index is -0.383. The van der Waals surface area contributed by atoms with Gasteiger partial charge in [-0.25, -0.2) is 4.79 Å². The van der Waals surface area contributed by atoms with E-state index in [1.807, 2.05) is 31.2 Å². The van der Waals surface area contributed by atoms with E-state index >= 15 is 0 Å². The lowest BCUT2D eigenvalue weighted by molar-refractivity contribution is -0.140. The normalized spacial score (nSPS) is 11.6. The van der Waals surface area contributed by atoms with Crippen molar-refractivity contribution in [1.82, 2.24) is 14.6 Å². The molecule has 0 saturated heterocycles. The molecule has 134 valence electrons. The molecule has 1 unspecified atom stereocenters. The van der Waals surface area contributed by atoms with Crippen LogP contribution in [0, 0.1) is 6.92 Å². The first-order valence-electron chi connectivity index (χ1n) is 7.81. The third-order valence-electron chi connectivity index (χ3n) is 3.43. The zero-order chi connectivity index (χ0) is 18.2. The maximum Gasteiger partial charge on any atom is 0.327 e. The summed E-state index contributed by atoms with van der Waals surface area (Å²) in [5.41, 5.74) is 1.08. The van der Waals surface area contributed by atoms with Crippen molar-refractivity contribution in [3.8, 4) is 0 Å². The van der Waals surface area contributed by atoms with E-state index < -0.39 is 0 Å². The molecule has 0 fully saturated rings. The first kappa shape index (κ1) is 19.3. The highest BCUT2D eigenvalue weighted by Crippen LogP contribution is 2.26. The Balaban J connectivity index is 2.02. The van der Waals surface area contributed by atoms with Gasteiger partial charge in [0.2, 0.25) is 0 Å².